The van der Waals surface area contributed by atoms with E-state index < -0.39 is 10.8 Å². The van der Waals surface area contributed by atoms with E-state index in [1.54, 1.807) is 0 Å². The molecular weight excluding hydrogens is 372 g/mol. The Morgan fingerprint density at radius 3 is 2.59 bits per heavy atom. The van der Waals surface area contributed by atoms with Crippen molar-refractivity contribution in [1.82, 2.24) is 0 Å². The number of hydrogen-bond acceptors (Lipinski definition) is 6. The van der Waals surface area contributed by atoms with Crippen LogP contribution in [-0.2, 0) is 11.2 Å². The molecule has 0 aromatic heterocycles. The lowest BCUT2D eigenvalue weighted by Gasteiger charge is -2.10. The number of amides is 1. The Balaban J connectivity index is 2.08. The second-order valence-electron chi connectivity index (χ2n) is 6.21. The van der Waals surface area contributed by atoms with Crippen molar-refractivity contribution in [3.63, 3.8) is 0 Å². The largest absolute Gasteiger partial charge is 0.494 e. The van der Waals surface area contributed by atoms with Crippen LogP contribution < -0.4 is 15.4 Å². The third-order valence-electron chi connectivity index (χ3n) is 4.17. The molecule has 150 valence electrons. The lowest BCUT2D eigenvalue weighted by molar-refractivity contribution is -0.384. The highest BCUT2D eigenvalue weighted by atomic mass is 16.6. The fraction of sp³-hybridized carbons (Fsp3) is 0.238. The number of nitro groups is 1. The van der Waals surface area contributed by atoms with Crippen molar-refractivity contribution in [2.45, 2.75) is 26.2 Å². The van der Waals surface area contributed by atoms with Gasteiger partial charge in [0.2, 0.25) is 0 Å². The minimum atomic E-state index is -0.660. The molecule has 0 atom stereocenters. The number of rotatable bonds is 9. The summed E-state index contributed by atoms with van der Waals surface area (Å²) in [5, 5.41) is 25.6. The predicted molar refractivity (Wildman–Crippen MR) is 111 cm³/mol. The quantitative estimate of drug-likeness (QED) is 0.282. The normalized spacial score (nSPS) is 10.7. The highest BCUT2D eigenvalue weighted by Crippen LogP contribution is 2.29. The number of methoxy groups -OCH3 is 1. The summed E-state index contributed by atoms with van der Waals surface area (Å²) in [4.78, 5) is 22.7. The number of carbonyl (C=O) groups is 1. The molecule has 0 radical (unpaired) electrons. The monoisotopic (exact) mass is 394 g/mol. The molecule has 2 N–H and O–H groups in total. The highest BCUT2D eigenvalue weighted by Gasteiger charge is 2.15. The van der Waals surface area contributed by atoms with E-state index in [0.717, 1.165) is 24.9 Å². The lowest BCUT2D eigenvalue weighted by atomic mass is 10.1. The number of nitrogens with one attached hydrogen (secondary N) is 2. The number of anilines is 2. The standard InChI is InChI=1S/C21H22N4O4/c1-3-4-5-15-6-8-17(9-7-15)23-14-16(13-22)21(26)24-19-11-10-18(25(27)28)12-20(19)29-2/h6-12,14,23H,3-5H2,1-2H3,(H,24,26)/b16-14-. The molecular formula is C21H22N4O4. The van der Waals surface area contributed by atoms with Crippen molar-refractivity contribution in [3.8, 4) is 11.8 Å². The van der Waals surface area contributed by atoms with Gasteiger partial charge in [-0.1, -0.05) is 25.5 Å². The zero-order valence-corrected chi connectivity index (χ0v) is 16.3. The first kappa shape index (κ1) is 21.4. The second kappa shape index (κ2) is 10.5. The molecule has 0 heterocycles. The number of unbranched alkanes of at least 4 members (excludes halogenated alkanes) is 1. The molecule has 1 amide bonds. The van der Waals surface area contributed by atoms with E-state index in [0.29, 0.717) is 0 Å². The van der Waals surface area contributed by atoms with Crippen LogP contribution in [0.25, 0.3) is 0 Å². The van der Waals surface area contributed by atoms with Gasteiger partial charge in [-0.3, -0.25) is 14.9 Å². The zero-order chi connectivity index (χ0) is 21.2. The molecule has 0 bridgehead atoms. The molecule has 0 saturated carbocycles. The van der Waals surface area contributed by atoms with Gasteiger partial charge in [0.05, 0.1) is 23.8 Å². The number of nitriles is 1. The van der Waals surface area contributed by atoms with Crippen LogP contribution in [0.1, 0.15) is 25.3 Å². The summed E-state index contributed by atoms with van der Waals surface area (Å²) >= 11 is 0. The lowest BCUT2D eigenvalue weighted by Crippen LogP contribution is -2.15. The van der Waals surface area contributed by atoms with Gasteiger partial charge in [0.15, 0.2) is 0 Å². The predicted octanol–water partition coefficient (Wildman–Crippen LogP) is 4.40. The maximum atomic E-state index is 12.4. The van der Waals surface area contributed by atoms with Crippen molar-refractivity contribution in [3.05, 3.63) is 69.9 Å². The molecule has 0 aliphatic rings. The topological polar surface area (TPSA) is 117 Å². The number of non-ortho nitro benzene ring substituents is 1. The van der Waals surface area contributed by atoms with Gasteiger partial charge < -0.3 is 15.4 Å². The van der Waals surface area contributed by atoms with E-state index >= 15 is 0 Å². The molecule has 29 heavy (non-hydrogen) atoms. The molecule has 8 heteroatoms. The first-order valence-corrected chi connectivity index (χ1v) is 9.08. The van der Waals surface area contributed by atoms with Gasteiger partial charge in [-0.05, 0) is 36.6 Å². The van der Waals surface area contributed by atoms with E-state index in [9.17, 15) is 20.2 Å². The Bertz CT molecular complexity index is 946. The van der Waals surface area contributed by atoms with Crippen LogP contribution in [0.3, 0.4) is 0 Å². The molecule has 0 aliphatic carbocycles. The van der Waals surface area contributed by atoms with E-state index in [-0.39, 0.29) is 22.7 Å². The van der Waals surface area contributed by atoms with E-state index in [2.05, 4.69) is 17.6 Å². The summed E-state index contributed by atoms with van der Waals surface area (Å²) in [5.41, 5.74) is 1.88. The Morgan fingerprint density at radius 2 is 2.00 bits per heavy atom. The van der Waals surface area contributed by atoms with Crippen LogP contribution in [0.2, 0.25) is 0 Å². The van der Waals surface area contributed by atoms with Gasteiger partial charge in [0.1, 0.15) is 17.4 Å². The third kappa shape index (κ3) is 6.07. The number of aryl methyl sites for hydroxylation is 1. The minimum absolute atomic E-state index is 0.125. The first-order valence-electron chi connectivity index (χ1n) is 9.08. The average molecular weight is 394 g/mol. The maximum absolute atomic E-state index is 12.4. The summed E-state index contributed by atoms with van der Waals surface area (Å²) in [6, 6.07) is 13.4. The second-order valence-corrected chi connectivity index (χ2v) is 6.21. The van der Waals surface area contributed by atoms with Crippen molar-refractivity contribution in [2.24, 2.45) is 0 Å². The van der Waals surface area contributed by atoms with E-state index in [1.807, 2.05) is 30.3 Å². The van der Waals surface area contributed by atoms with Gasteiger partial charge in [-0.15, -0.1) is 0 Å². The zero-order valence-electron chi connectivity index (χ0n) is 16.3. The number of hydrogen-bond donors (Lipinski definition) is 2. The summed E-state index contributed by atoms with van der Waals surface area (Å²) in [6.45, 7) is 2.14. The molecule has 2 rings (SSSR count). The van der Waals surface area contributed by atoms with Crippen LogP contribution >= 0.6 is 0 Å². The van der Waals surface area contributed by atoms with Crippen LogP contribution in [0.4, 0.5) is 17.1 Å². The van der Waals surface area contributed by atoms with Gasteiger partial charge in [0.25, 0.3) is 11.6 Å². The van der Waals surface area contributed by atoms with Crippen molar-refractivity contribution in [1.29, 1.82) is 5.26 Å². The van der Waals surface area contributed by atoms with Crippen LogP contribution in [0, 0.1) is 21.4 Å². The van der Waals surface area contributed by atoms with Gasteiger partial charge in [-0.25, -0.2) is 0 Å². The maximum Gasteiger partial charge on any atom is 0.273 e. The van der Waals surface area contributed by atoms with Gasteiger partial charge in [-0.2, -0.15) is 5.26 Å². The van der Waals surface area contributed by atoms with Crippen molar-refractivity contribution in [2.75, 3.05) is 17.7 Å². The number of nitro benzene ring substituents is 1. The summed E-state index contributed by atoms with van der Waals surface area (Å²) in [7, 11) is 1.33. The molecule has 0 saturated heterocycles. The van der Waals surface area contributed by atoms with Crippen LogP contribution in [0.15, 0.2) is 54.2 Å². The van der Waals surface area contributed by atoms with Gasteiger partial charge in [0, 0.05) is 18.0 Å². The van der Waals surface area contributed by atoms with Crippen LogP contribution in [-0.4, -0.2) is 17.9 Å². The molecule has 2 aromatic carbocycles. The number of benzene rings is 2. The Hall–Kier alpha value is -3.86. The SMILES string of the molecule is CCCCc1ccc(N/C=C(/C#N)C(=O)Nc2ccc([N+](=O)[O-])cc2OC)cc1. The van der Waals surface area contributed by atoms with Gasteiger partial charge >= 0.3 is 0 Å². The Kier molecular flexibility index (Phi) is 7.74. The summed E-state index contributed by atoms with van der Waals surface area (Å²) in [6.07, 6.45) is 4.57. The molecule has 8 nitrogen and oxygen atoms in total. The number of ether oxygens (including phenoxy) is 1. The molecule has 0 unspecified atom stereocenters. The average Bonchev–Trinajstić information content (AvgIpc) is 2.73. The van der Waals surface area contributed by atoms with E-state index in [4.69, 9.17) is 4.74 Å². The summed E-state index contributed by atoms with van der Waals surface area (Å²) in [5.74, 6) is -0.535. The minimum Gasteiger partial charge on any atom is -0.494 e. The Labute approximate surface area is 169 Å². The van der Waals surface area contributed by atoms with Crippen molar-refractivity contribution < 1.29 is 14.5 Å². The molecule has 0 spiro atoms. The number of nitrogens with zero attached hydrogens (tertiary/aromatic N) is 2. The third-order valence-corrected chi connectivity index (χ3v) is 4.17. The molecule has 0 aliphatic heterocycles. The van der Waals surface area contributed by atoms with E-state index in [1.165, 1.54) is 37.1 Å². The molecule has 2 aromatic rings. The highest BCUT2D eigenvalue weighted by molar-refractivity contribution is 6.07. The summed E-state index contributed by atoms with van der Waals surface area (Å²) < 4.78 is 5.08. The number of carbonyl (C=O) groups excluding carboxylic acids is 1. The Morgan fingerprint density at radius 1 is 1.28 bits per heavy atom. The van der Waals surface area contributed by atoms with Crippen molar-refractivity contribution >= 4 is 23.0 Å². The van der Waals surface area contributed by atoms with Crippen LogP contribution in [0.5, 0.6) is 5.75 Å². The molecule has 0 fully saturated rings. The fourth-order valence-electron chi connectivity index (χ4n) is 2.54. The fourth-order valence-corrected chi connectivity index (χ4v) is 2.54. The smallest absolute Gasteiger partial charge is 0.273 e. The first-order chi connectivity index (χ1) is 14.0.